The van der Waals surface area contributed by atoms with Crippen molar-refractivity contribution in [1.29, 1.82) is 0 Å². The molecule has 2 aromatic carbocycles. The SMILES string of the molecule is CCCCOc1ccc2c(c1)C(C=O)c1cccc(OCCCN3CCCCC3)c1-2. The summed E-state index contributed by atoms with van der Waals surface area (Å²) < 4.78 is 12.1. The van der Waals surface area contributed by atoms with Gasteiger partial charge < -0.3 is 19.2 Å². The van der Waals surface area contributed by atoms with Gasteiger partial charge in [0.05, 0.1) is 19.1 Å². The average Bonchev–Trinajstić information content (AvgIpc) is 3.11. The standard InChI is InChI=1S/C26H33NO3/c1-2-3-16-29-20-11-12-22-23(18-20)24(19-28)21-9-7-10-25(26(21)22)30-17-8-15-27-13-5-4-6-14-27/h7,9-12,18-19,24H,2-6,8,13-17H2,1H3. The van der Waals surface area contributed by atoms with Gasteiger partial charge in [-0.05, 0) is 73.7 Å². The predicted octanol–water partition coefficient (Wildman–Crippen LogP) is 5.43. The summed E-state index contributed by atoms with van der Waals surface area (Å²) in [6, 6.07) is 12.2. The van der Waals surface area contributed by atoms with Gasteiger partial charge in [-0.3, -0.25) is 0 Å². The number of carbonyl (C=O) groups excluding carboxylic acids is 1. The van der Waals surface area contributed by atoms with Crippen molar-refractivity contribution in [1.82, 2.24) is 4.90 Å². The first kappa shape index (κ1) is 20.9. The summed E-state index contributed by atoms with van der Waals surface area (Å²) in [4.78, 5) is 14.5. The molecule has 1 heterocycles. The van der Waals surface area contributed by atoms with Crippen LogP contribution in [-0.2, 0) is 4.79 Å². The van der Waals surface area contributed by atoms with Crippen molar-refractivity contribution in [2.24, 2.45) is 0 Å². The molecule has 30 heavy (non-hydrogen) atoms. The van der Waals surface area contributed by atoms with E-state index >= 15 is 0 Å². The smallest absolute Gasteiger partial charge is 0.131 e. The Morgan fingerprint density at radius 2 is 1.83 bits per heavy atom. The van der Waals surface area contributed by atoms with E-state index < -0.39 is 0 Å². The van der Waals surface area contributed by atoms with Gasteiger partial charge in [0, 0.05) is 12.1 Å². The van der Waals surface area contributed by atoms with E-state index in [4.69, 9.17) is 9.47 Å². The Kier molecular flexibility index (Phi) is 7.06. The number of ether oxygens (including phenoxy) is 2. The molecule has 4 heteroatoms. The molecule has 1 atom stereocenters. The van der Waals surface area contributed by atoms with Crippen molar-refractivity contribution in [2.45, 2.75) is 51.4 Å². The molecule has 4 nitrogen and oxygen atoms in total. The number of hydrogen-bond donors (Lipinski definition) is 0. The Bertz CT molecular complexity index is 857. The van der Waals surface area contributed by atoms with E-state index in [1.807, 2.05) is 30.3 Å². The molecule has 0 N–H and O–H groups in total. The molecule has 1 aliphatic carbocycles. The topological polar surface area (TPSA) is 38.8 Å². The number of unbranched alkanes of at least 4 members (excludes halogenated alkanes) is 1. The third-order valence-corrected chi connectivity index (χ3v) is 6.25. The molecule has 2 aliphatic rings. The second kappa shape index (κ2) is 10.1. The fourth-order valence-corrected chi connectivity index (χ4v) is 4.63. The van der Waals surface area contributed by atoms with Crippen LogP contribution in [0.5, 0.6) is 11.5 Å². The lowest BCUT2D eigenvalue weighted by atomic mass is 9.98. The lowest BCUT2D eigenvalue weighted by Crippen LogP contribution is -2.31. The molecule has 0 aromatic heterocycles. The number of benzene rings is 2. The van der Waals surface area contributed by atoms with Gasteiger partial charge in [0.25, 0.3) is 0 Å². The Labute approximate surface area is 180 Å². The van der Waals surface area contributed by atoms with Crippen LogP contribution in [-0.4, -0.2) is 44.0 Å². The minimum Gasteiger partial charge on any atom is -0.494 e. The first-order valence-electron chi connectivity index (χ1n) is 11.5. The van der Waals surface area contributed by atoms with Crippen LogP contribution in [0.1, 0.15) is 62.5 Å². The van der Waals surface area contributed by atoms with Gasteiger partial charge in [0.15, 0.2) is 0 Å². The lowest BCUT2D eigenvalue weighted by Gasteiger charge is -2.26. The highest BCUT2D eigenvalue weighted by molar-refractivity contribution is 5.91. The minimum absolute atomic E-state index is 0.248. The zero-order chi connectivity index (χ0) is 20.8. The summed E-state index contributed by atoms with van der Waals surface area (Å²) in [6.45, 7) is 7.10. The van der Waals surface area contributed by atoms with Crippen molar-refractivity contribution in [3.8, 4) is 22.6 Å². The molecular weight excluding hydrogens is 374 g/mol. The van der Waals surface area contributed by atoms with E-state index in [2.05, 4.69) is 17.9 Å². The zero-order valence-corrected chi connectivity index (χ0v) is 18.1. The first-order valence-corrected chi connectivity index (χ1v) is 11.5. The molecule has 0 saturated carbocycles. The summed E-state index contributed by atoms with van der Waals surface area (Å²) >= 11 is 0. The van der Waals surface area contributed by atoms with E-state index in [9.17, 15) is 4.79 Å². The van der Waals surface area contributed by atoms with Gasteiger partial charge in [0.1, 0.15) is 17.8 Å². The summed E-state index contributed by atoms with van der Waals surface area (Å²) in [5.74, 6) is 1.48. The van der Waals surface area contributed by atoms with E-state index in [0.29, 0.717) is 13.2 Å². The number of carbonyl (C=O) groups is 1. The Balaban J connectivity index is 1.47. The van der Waals surface area contributed by atoms with Gasteiger partial charge in [-0.15, -0.1) is 0 Å². The molecule has 0 amide bonds. The van der Waals surface area contributed by atoms with Crippen molar-refractivity contribution >= 4 is 6.29 Å². The maximum absolute atomic E-state index is 12.0. The van der Waals surface area contributed by atoms with Crippen molar-refractivity contribution in [2.75, 3.05) is 32.8 Å². The van der Waals surface area contributed by atoms with Crippen molar-refractivity contribution in [3.63, 3.8) is 0 Å². The number of likely N-dealkylation sites (tertiary alicyclic amines) is 1. The highest BCUT2D eigenvalue weighted by Gasteiger charge is 2.31. The van der Waals surface area contributed by atoms with E-state index in [-0.39, 0.29) is 5.92 Å². The van der Waals surface area contributed by atoms with Crippen LogP contribution in [0.4, 0.5) is 0 Å². The largest absolute Gasteiger partial charge is 0.494 e. The first-order chi connectivity index (χ1) is 14.8. The number of nitrogens with zero attached hydrogens (tertiary/aromatic N) is 1. The maximum atomic E-state index is 12.0. The van der Waals surface area contributed by atoms with Gasteiger partial charge >= 0.3 is 0 Å². The molecular formula is C26H33NO3. The molecule has 0 bridgehead atoms. The van der Waals surface area contributed by atoms with Crippen molar-refractivity contribution < 1.29 is 14.3 Å². The molecule has 0 radical (unpaired) electrons. The Morgan fingerprint density at radius 1 is 1.00 bits per heavy atom. The van der Waals surface area contributed by atoms with Gasteiger partial charge in [-0.25, -0.2) is 0 Å². The molecule has 1 fully saturated rings. The summed E-state index contributed by atoms with van der Waals surface area (Å²) in [7, 11) is 0. The highest BCUT2D eigenvalue weighted by atomic mass is 16.5. The third kappa shape index (κ3) is 4.54. The van der Waals surface area contributed by atoms with Gasteiger partial charge in [0.2, 0.25) is 0 Å². The molecule has 0 spiro atoms. The summed E-state index contributed by atoms with van der Waals surface area (Å²) in [5, 5.41) is 0. The van der Waals surface area contributed by atoms with Crippen LogP contribution in [0.2, 0.25) is 0 Å². The van der Waals surface area contributed by atoms with Gasteiger partial charge in [-0.1, -0.05) is 38.0 Å². The van der Waals surface area contributed by atoms with Crippen LogP contribution in [0.15, 0.2) is 36.4 Å². The number of aldehydes is 1. The van der Waals surface area contributed by atoms with Crippen LogP contribution in [0, 0.1) is 0 Å². The Morgan fingerprint density at radius 3 is 2.63 bits per heavy atom. The second-order valence-electron chi connectivity index (χ2n) is 8.39. The predicted molar refractivity (Wildman–Crippen MR) is 121 cm³/mol. The number of piperidine rings is 1. The number of hydrogen-bond acceptors (Lipinski definition) is 4. The van der Waals surface area contributed by atoms with Crippen LogP contribution in [0.25, 0.3) is 11.1 Å². The minimum atomic E-state index is -0.248. The molecule has 1 saturated heterocycles. The van der Waals surface area contributed by atoms with E-state index in [1.54, 1.807) is 0 Å². The van der Waals surface area contributed by atoms with Crippen LogP contribution >= 0.6 is 0 Å². The quantitative estimate of drug-likeness (QED) is 0.389. The molecule has 160 valence electrons. The second-order valence-corrected chi connectivity index (χ2v) is 8.39. The summed E-state index contributed by atoms with van der Waals surface area (Å²) in [6.07, 6.45) is 8.21. The fourth-order valence-electron chi connectivity index (χ4n) is 4.63. The fraction of sp³-hybridized carbons (Fsp3) is 0.500. The van der Waals surface area contributed by atoms with E-state index in [0.717, 1.165) is 65.8 Å². The van der Waals surface area contributed by atoms with Crippen LogP contribution < -0.4 is 9.47 Å². The maximum Gasteiger partial charge on any atom is 0.131 e. The van der Waals surface area contributed by atoms with Gasteiger partial charge in [-0.2, -0.15) is 0 Å². The van der Waals surface area contributed by atoms with Crippen molar-refractivity contribution in [3.05, 3.63) is 47.5 Å². The average molecular weight is 408 g/mol. The molecule has 1 aliphatic heterocycles. The highest BCUT2D eigenvalue weighted by Crippen LogP contribution is 2.49. The molecule has 2 aromatic rings. The lowest BCUT2D eigenvalue weighted by molar-refractivity contribution is -0.108. The van der Waals surface area contributed by atoms with Crippen LogP contribution in [0.3, 0.4) is 0 Å². The summed E-state index contributed by atoms with van der Waals surface area (Å²) in [5.41, 5.74) is 4.23. The molecule has 1 unspecified atom stereocenters. The Hall–Kier alpha value is -2.33. The monoisotopic (exact) mass is 407 g/mol. The number of rotatable bonds is 10. The zero-order valence-electron chi connectivity index (χ0n) is 18.1. The number of fused-ring (bicyclic) bond motifs is 3. The molecule has 4 rings (SSSR count). The third-order valence-electron chi connectivity index (χ3n) is 6.25. The normalized spacial score (nSPS) is 18.0. The van der Waals surface area contributed by atoms with E-state index in [1.165, 1.54) is 32.4 Å².